The van der Waals surface area contributed by atoms with E-state index in [1.54, 1.807) is 0 Å². The van der Waals surface area contributed by atoms with Gasteiger partial charge in [-0.15, -0.1) is 0 Å². The number of hydrogen-bond donors (Lipinski definition) is 1. The summed E-state index contributed by atoms with van der Waals surface area (Å²) in [5.74, 6) is 2.82. The average Bonchev–Trinajstić information content (AvgIpc) is 2.71. The normalized spacial score (nSPS) is 41.0. The molecule has 1 aromatic rings. The predicted octanol–water partition coefficient (Wildman–Crippen LogP) is 3.47. The lowest BCUT2D eigenvalue weighted by Gasteiger charge is -2.59. The summed E-state index contributed by atoms with van der Waals surface area (Å²) >= 11 is 3.72. The van der Waals surface area contributed by atoms with Gasteiger partial charge in [0.05, 0.1) is 21.5 Å². The lowest BCUT2D eigenvalue weighted by molar-refractivity contribution is -0.172. The van der Waals surface area contributed by atoms with Crippen LogP contribution < -0.4 is 0 Å². The van der Waals surface area contributed by atoms with Gasteiger partial charge in [-0.1, -0.05) is 6.92 Å². The summed E-state index contributed by atoms with van der Waals surface area (Å²) in [4.78, 5) is 0. The first kappa shape index (κ1) is 14.3. The molecule has 1 N–H and O–H groups in total. The van der Waals surface area contributed by atoms with Gasteiger partial charge in [0.2, 0.25) is 0 Å². The van der Waals surface area contributed by atoms with Gasteiger partial charge in [0.1, 0.15) is 0 Å². The molecular formula is C17H25BrN2O. The highest BCUT2D eigenvalue weighted by Crippen LogP contribution is 2.59. The molecular weight excluding hydrogens is 328 g/mol. The minimum Gasteiger partial charge on any atom is -0.389 e. The molecule has 116 valence electrons. The zero-order valence-corrected chi connectivity index (χ0v) is 14.6. The van der Waals surface area contributed by atoms with Crippen LogP contribution in [0.25, 0.3) is 0 Å². The summed E-state index contributed by atoms with van der Waals surface area (Å²) in [6.07, 6.45) is 8.13. The van der Waals surface area contributed by atoms with E-state index in [2.05, 4.69) is 28.0 Å². The van der Waals surface area contributed by atoms with Crippen LogP contribution in [0.5, 0.6) is 0 Å². The number of halogens is 1. The number of aliphatic hydroxyl groups is 1. The van der Waals surface area contributed by atoms with Gasteiger partial charge in [0.25, 0.3) is 0 Å². The molecule has 5 rings (SSSR count). The second kappa shape index (κ2) is 4.82. The number of nitrogens with zero attached hydrogens (tertiary/aromatic N) is 2. The number of aromatic nitrogens is 2. The maximum Gasteiger partial charge on any atom is 0.0766 e. The number of aryl methyl sites for hydroxylation is 2. The summed E-state index contributed by atoms with van der Waals surface area (Å²) in [6, 6.07) is 0. The van der Waals surface area contributed by atoms with E-state index in [4.69, 9.17) is 0 Å². The van der Waals surface area contributed by atoms with Crippen molar-refractivity contribution in [2.24, 2.45) is 30.7 Å². The van der Waals surface area contributed by atoms with Crippen molar-refractivity contribution in [3.63, 3.8) is 0 Å². The van der Waals surface area contributed by atoms with Gasteiger partial charge < -0.3 is 5.11 Å². The number of rotatable bonds is 3. The minimum atomic E-state index is -0.491. The molecule has 0 amide bonds. The summed E-state index contributed by atoms with van der Waals surface area (Å²) in [6.45, 7) is 2.13. The van der Waals surface area contributed by atoms with E-state index >= 15 is 0 Å². The topological polar surface area (TPSA) is 38.0 Å². The van der Waals surface area contributed by atoms with E-state index in [-0.39, 0.29) is 0 Å². The molecule has 0 saturated heterocycles. The van der Waals surface area contributed by atoms with Crippen LogP contribution in [0.15, 0.2) is 4.47 Å². The molecule has 4 bridgehead atoms. The second-order valence-corrected chi connectivity index (χ2v) is 8.45. The van der Waals surface area contributed by atoms with Crippen LogP contribution in [-0.4, -0.2) is 20.5 Å². The average molecular weight is 353 g/mol. The molecule has 1 aromatic heterocycles. The smallest absolute Gasteiger partial charge is 0.0766 e. The Bertz CT molecular complexity index is 537. The third-order valence-electron chi connectivity index (χ3n) is 6.51. The molecule has 0 spiro atoms. The Hall–Kier alpha value is -0.350. The lowest BCUT2D eigenvalue weighted by Crippen LogP contribution is -2.58. The molecule has 1 heterocycles. The highest BCUT2D eigenvalue weighted by atomic mass is 79.9. The molecule has 4 aliphatic carbocycles. The molecule has 0 unspecified atom stereocenters. The van der Waals surface area contributed by atoms with Gasteiger partial charge in [-0.3, -0.25) is 4.68 Å². The van der Waals surface area contributed by atoms with Crippen molar-refractivity contribution < 1.29 is 5.11 Å². The fraction of sp³-hybridized carbons (Fsp3) is 0.824. The summed E-state index contributed by atoms with van der Waals surface area (Å²) in [7, 11) is 2.01. The first-order valence-corrected chi connectivity index (χ1v) is 9.23. The van der Waals surface area contributed by atoms with E-state index in [9.17, 15) is 5.11 Å². The highest BCUT2D eigenvalue weighted by molar-refractivity contribution is 9.10. The maximum absolute atomic E-state index is 11.5. The van der Waals surface area contributed by atoms with Crippen molar-refractivity contribution in [1.82, 2.24) is 9.78 Å². The Morgan fingerprint density at radius 2 is 1.76 bits per heavy atom. The van der Waals surface area contributed by atoms with Crippen LogP contribution in [0, 0.1) is 23.7 Å². The van der Waals surface area contributed by atoms with Crippen LogP contribution in [0.2, 0.25) is 0 Å². The monoisotopic (exact) mass is 352 g/mol. The van der Waals surface area contributed by atoms with E-state index in [0.717, 1.165) is 34.8 Å². The molecule has 4 heteroatoms. The predicted molar refractivity (Wildman–Crippen MR) is 86.0 cm³/mol. The van der Waals surface area contributed by atoms with Gasteiger partial charge in [0, 0.05) is 13.5 Å². The molecule has 4 fully saturated rings. The standard InChI is InChI=1S/C17H25BrN2O/c1-3-14-16(18)15(20(2)19-14)9-17(21)12-5-10-4-11(7-12)8-13(17)6-10/h10-13,21H,3-9H2,1-2H3. The molecule has 4 saturated carbocycles. The van der Waals surface area contributed by atoms with Crippen molar-refractivity contribution >= 4 is 15.9 Å². The fourth-order valence-electron chi connectivity index (χ4n) is 5.57. The Morgan fingerprint density at radius 1 is 1.19 bits per heavy atom. The highest BCUT2D eigenvalue weighted by Gasteiger charge is 2.56. The second-order valence-electron chi connectivity index (χ2n) is 7.66. The molecule has 0 radical (unpaired) electrons. The van der Waals surface area contributed by atoms with Crippen molar-refractivity contribution in [3.05, 3.63) is 15.9 Å². The molecule has 0 atom stereocenters. The fourth-order valence-corrected chi connectivity index (χ4v) is 6.33. The molecule has 4 aliphatic rings. The van der Waals surface area contributed by atoms with Crippen LogP contribution in [0.3, 0.4) is 0 Å². The minimum absolute atomic E-state index is 0.491. The largest absolute Gasteiger partial charge is 0.389 e. The molecule has 0 aliphatic heterocycles. The molecule has 3 nitrogen and oxygen atoms in total. The lowest BCUT2D eigenvalue weighted by atomic mass is 9.49. The zero-order chi connectivity index (χ0) is 14.8. The Kier molecular flexibility index (Phi) is 3.27. The van der Waals surface area contributed by atoms with E-state index < -0.39 is 5.60 Å². The van der Waals surface area contributed by atoms with Gasteiger partial charge in [-0.05, 0) is 78.1 Å². The van der Waals surface area contributed by atoms with E-state index in [1.165, 1.54) is 37.8 Å². The van der Waals surface area contributed by atoms with E-state index in [1.807, 2.05) is 11.7 Å². The SMILES string of the molecule is CCc1nn(C)c(CC2(O)C3CC4CC(C3)CC2C4)c1Br. The Balaban J connectivity index is 1.66. The third kappa shape index (κ3) is 2.05. The van der Waals surface area contributed by atoms with Gasteiger partial charge in [-0.25, -0.2) is 0 Å². The number of hydrogen-bond acceptors (Lipinski definition) is 2. The summed E-state index contributed by atoms with van der Waals surface area (Å²) in [5.41, 5.74) is 1.80. The van der Waals surface area contributed by atoms with Crippen molar-refractivity contribution in [2.45, 2.75) is 57.5 Å². The van der Waals surface area contributed by atoms with Gasteiger partial charge in [-0.2, -0.15) is 5.10 Å². The Morgan fingerprint density at radius 3 is 2.24 bits per heavy atom. The first-order valence-electron chi connectivity index (χ1n) is 8.43. The van der Waals surface area contributed by atoms with Crippen molar-refractivity contribution in [1.29, 1.82) is 0 Å². The van der Waals surface area contributed by atoms with Crippen molar-refractivity contribution in [3.8, 4) is 0 Å². The molecule has 0 aromatic carbocycles. The van der Waals surface area contributed by atoms with Crippen LogP contribution in [0.1, 0.15) is 50.4 Å². The Labute approximate surface area is 135 Å². The van der Waals surface area contributed by atoms with E-state index in [0.29, 0.717) is 11.8 Å². The quantitative estimate of drug-likeness (QED) is 0.904. The third-order valence-corrected chi connectivity index (χ3v) is 7.42. The van der Waals surface area contributed by atoms with Gasteiger partial charge in [0.15, 0.2) is 0 Å². The summed E-state index contributed by atoms with van der Waals surface area (Å²) in [5, 5.41) is 16.1. The molecule has 21 heavy (non-hydrogen) atoms. The van der Waals surface area contributed by atoms with Crippen LogP contribution in [-0.2, 0) is 19.9 Å². The summed E-state index contributed by atoms with van der Waals surface area (Å²) < 4.78 is 3.10. The zero-order valence-electron chi connectivity index (χ0n) is 13.0. The van der Waals surface area contributed by atoms with Crippen LogP contribution >= 0.6 is 15.9 Å². The maximum atomic E-state index is 11.5. The first-order chi connectivity index (χ1) is 10.0. The van der Waals surface area contributed by atoms with Gasteiger partial charge >= 0.3 is 0 Å². The van der Waals surface area contributed by atoms with Crippen LogP contribution in [0.4, 0.5) is 0 Å². The van der Waals surface area contributed by atoms with Crippen molar-refractivity contribution in [2.75, 3.05) is 0 Å².